The van der Waals surface area contributed by atoms with Crippen molar-refractivity contribution in [1.82, 2.24) is 0 Å². The summed E-state index contributed by atoms with van der Waals surface area (Å²) >= 11 is 0. The maximum Gasteiger partial charge on any atom is 0.0560 e. The molecule has 0 saturated carbocycles. The standard InChI is InChI=1S/C57H43N/c1-57(2)55-34-27-43(35-53(55)54-36-51-49-19-11-9-17-47(49)48-18-10-12-20-50(48)52(51)37-56(54)57)42-25-32-46(33-26-42)58(44-28-21-40(22-29-44)38-13-5-3-6-14-38)45-30-23-41(24-31-45)39-15-7-4-8-16-39/h3-30,32-37,45H,31H2,1-2H3. The van der Waals surface area contributed by atoms with E-state index in [1.807, 2.05) is 0 Å². The van der Waals surface area contributed by atoms with Crippen molar-refractivity contribution in [2.45, 2.75) is 31.7 Å². The molecule has 0 amide bonds. The Morgan fingerprint density at radius 1 is 0.414 bits per heavy atom. The number of nitrogens with zero attached hydrogens (tertiary/aromatic N) is 1. The van der Waals surface area contributed by atoms with Crippen LogP contribution in [0.3, 0.4) is 0 Å². The van der Waals surface area contributed by atoms with Gasteiger partial charge >= 0.3 is 0 Å². The molecule has 2 aliphatic rings. The normalized spacial score (nSPS) is 15.3. The van der Waals surface area contributed by atoms with E-state index in [9.17, 15) is 0 Å². The second-order valence-corrected chi connectivity index (χ2v) is 16.4. The Morgan fingerprint density at radius 3 is 1.45 bits per heavy atom. The minimum Gasteiger partial charge on any atom is -0.334 e. The van der Waals surface area contributed by atoms with Crippen LogP contribution in [-0.2, 0) is 5.41 Å². The van der Waals surface area contributed by atoms with Crippen LogP contribution in [0.5, 0.6) is 0 Å². The molecule has 9 aromatic carbocycles. The monoisotopic (exact) mass is 741 g/mol. The van der Waals surface area contributed by atoms with Crippen LogP contribution in [0.1, 0.15) is 37.0 Å². The lowest BCUT2D eigenvalue weighted by Gasteiger charge is -2.33. The van der Waals surface area contributed by atoms with Crippen LogP contribution >= 0.6 is 0 Å². The van der Waals surface area contributed by atoms with Crippen molar-refractivity contribution < 1.29 is 0 Å². The van der Waals surface area contributed by atoms with E-state index in [0.717, 1.165) is 6.42 Å². The third kappa shape index (κ3) is 5.61. The average molecular weight is 742 g/mol. The molecule has 0 saturated heterocycles. The fourth-order valence-corrected chi connectivity index (χ4v) is 9.76. The van der Waals surface area contributed by atoms with Gasteiger partial charge < -0.3 is 4.90 Å². The van der Waals surface area contributed by atoms with Crippen LogP contribution < -0.4 is 4.90 Å². The van der Waals surface area contributed by atoms with Gasteiger partial charge in [0.2, 0.25) is 0 Å². The largest absolute Gasteiger partial charge is 0.334 e. The number of benzene rings is 9. The SMILES string of the molecule is CC1(C)c2ccc(-c3ccc(N(c4ccc(-c5ccccc5)cc4)C4C=CC(c5ccccc5)=CC4)cc3)cc2-c2cc3c4ccccc4c4ccccc4c3cc21. The number of hydrogen-bond acceptors (Lipinski definition) is 1. The van der Waals surface area contributed by atoms with Gasteiger partial charge in [0.15, 0.2) is 0 Å². The van der Waals surface area contributed by atoms with Crippen molar-refractivity contribution in [1.29, 1.82) is 0 Å². The van der Waals surface area contributed by atoms with E-state index < -0.39 is 0 Å². The summed E-state index contributed by atoms with van der Waals surface area (Å²) in [7, 11) is 0. The van der Waals surface area contributed by atoms with E-state index in [4.69, 9.17) is 0 Å². The Balaban J connectivity index is 0.972. The second-order valence-electron chi connectivity index (χ2n) is 16.4. The fraction of sp³-hybridized carbons (Fsp3) is 0.0877. The van der Waals surface area contributed by atoms with Gasteiger partial charge in [-0.15, -0.1) is 0 Å². The van der Waals surface area contributed by atoms with Crippen molar-refractivity contribution in [3.8, 4) is 33.4 Å². The van der Waals surface area contributed by atoms with Crippen LogP contribution in [0.2, 0.25) is 0 Å². The van der Waals surface area contributed by atoms with Crippen LogP contribution in [0, 0.1) is 0 Å². The molecule has 0 radical (unpaired) electrons. The van der Waals surface area contributed by atoms with Gasteiger partial charge in [-0.1, -0.05) is 178 Å². The molecule has 0 aromatic heterocycles. The number of allylic oxidation sites excluding steroid dienone is 2. The van der Waals surface area contributed by atoms with Crippen molar-refractivity contribution in [3.05, 3.63) is 223 Å². The lowest BCUT2D eigenvalue weighted by molar-refractivity contribution is 0.661. The Bertz CT molecular complexity index is 3080. The molecule has 58 heavy (non-hydrogen) atoms. The maximum atomic E-state index is 2.49. The minimum absolute atomic E-state index is 0.104. The van der Waals surface area contributed by atoms with Crippen molar-refractivity contribution in [2.24, 2.45) is 0 Å². The molecule has 0 heterocycles. The Labute approximate surface area is 340 Å². The molecule has 0 fully saturated rings. The summed E-state index contributed by atoms with van der Waals surface area (Å²) in [5.74, 6) is 0. The van der Waals surface area contributed by atoms with Crippen LogP contribution in [0.15, 0.2) is 206 Å². The van der Waals surface area contributed by atoms with Gasteiger partial charge in [-0.25, -0.2) is 0 Å². The van der Waals surface area contributed by atoms with Crippen molar-refractivity contribution >= 4 is 49.3 Å². The number of anilines is 2. The highest BCUT2D eigenvalue weighted by molar-refractivity contribution is 6.26. The van der Waals surface area contributed by atoms with Gasteiger partial charge in [0.25, 0.3) is 0 Å². The number of hydrogen-bond donors (Lipinski definition) is 0. The van der Waals surface area contributed by atoms with E-state index in [0.29, 0.717) is 0 Å². The lowest BCUT2D eigenvalue weighted by Crippen LogP contribution is -2.30. The minimum atomic E-state index is -0.104. The molecule has 0 aliphatic heterocycles. The highest BCUT2D eigenvalue weighted by Gasteiger charge is 2.36. The van der Waals surface area contributed by atoms with E-state index >= 15 is 0 Å². The van der Waals surface area contributed by atoms with Crippen LogP contribution in [-0.4, -0.2) is 6.04 Å². The zero-order valence-electron chi connectivity index (χ0n) is 32.9. The molecule has 0 bridgehead atoms. The molecule has 2 aliphatic carbocycles. The maximum absolute atomic E-state index is 2.49. The van der Waals surface area contributed by atoms with Crippen molar-refractivity contribution in [3.63, 3.8) is 0 Å². The molecular weight excluding hydrogens is 699 g/mol. The molecule has 9 aromatic rings. The first-order chi connectivity index (χ1) is 28.5. The average Bonchev–Trinajstić information content (AvgIpc) is 3.51. The first-order valence-electron chi connectivity index (χ1n) is 20.5. The lowest BCUT2D eigenvalue weighted by atomic mass is 9.81. The number of rotatable bonds is 6. The predicted molar refractivity (Wildman–Crippen MR) is 248 cm³/mol. The molecule has 1 heteroatoms. The zero-order valence-corrected chi connectivity index (χ0v) is 32.9. The van der Waals surface area contributed by atoms with Gasteiger partial charge in [-0.3, -0.25) is 0 Å². The Hall–Kier alpha value is -6.96. The van der Waals surface area contributed by atoms with Crippen LogP contribution in [0.4, 0.5) is 11.4 Å². The molecule has 0 N–H and O–H groups in total. The van der Waals surface area contributed by atoms with Gasteiger partial charge in [0.1, 0.15) is 0 Å². The summed E-state index contributed by atoms with van der Waals surface area (Å²) in [5, 5.41) is 7.93. The topological polar surface area (TPSA) is 3.24 Å². The van der Waals surface area contributed by atoms with Crippen LogP contribution in [0.25, 0.3) is 71.3 Å². The quantitative estimate of drug-likeness (QED) is 0.153. The van der Waals surface area contributed by atoms with Gasteiger partial charge in [0, 0.05) is 16.8 Å². The zero-order chi connectivity index (χ0) is 38.8. The number of fused-ring (bicyclic) bond motifs is 9. The molecule has 276 valence electrons. The van der Waals surface area contributed by atoms with Gasteiger partial charge in [-0.2, -0.15) is 0 Å². The van der Waals surface area contributed by atoms with Gasteiger partial charge in [0.05, 0.1) is 6.04 Å². The molecule has 11 rings (SSSR count). The molecular formula is C57H43N. The summed E-state index contributed by atoms with van der Waals surface area (Å²) in [4.78, 5) is 2.49. The van der Waals surface area contributed by atoms with E-state index in [1.165, 1.54) is 99.3 Å². The summed E-state index contributed by atoms with van der Waals surface area (Å²) in [6.07, 6.45) is 7.97. The van der Waals surface area contributed by atoms with E-state index in [2.05, 4.69) is 225 Å². The molecule has 1 atom stereocenters. The Morgan fingerprint density at radius 2 is 0.879 bits per heavy atom. The van der Waals surface area contributed by atoms with Crippen molar-refractivity contribution in [2.75, 3.05) is 4.90 Å². The fourth-order valence-electron chi connectivity index (χ4n) is 9.76. The summed E-state index contributed by atoms with van der Waals surface area (Å²) in [6.45, 7) is 4.78. The molecule has 1 unspecified atom stereocenters. The smallest absolute Gasteiger partial charge is 0.0560 e. The predicted octanol–water partition coefficient (Wildman–Crippen LogP) is 15.3. The summed E-state index contributed by atoms with van der Waals surface area (Å²) < 4.78 is 0. The summed E-state index contributed by atoms with van der Waals surface area (Å²) in [5.41, 5.74) is 15.2. The van der Waals surface area contributed by atoms with E-state index in [1.54, 1.807) is 0 Å². The highest BCUT2D eigenvalue weighted by atomic mass is 15.2. The third-order valence-corrected chi connectivity index (χ3v) is 12.8. The third-order valence-electron chi connectivity index (χ3n) is 12.8. The summed E-state index contributed by atoms with van der Waals surface area (Å²) in [6, 6.07) is 69.7. The first kappa shape index (κ1) is 34.3. The second kappa shape index (κ2) is 13.6. The van der Waals surface area contributed by atoms with E-state index in [-0.39, 0.29) is 11.5 Å². The molecule has 1 nitrogen and oxygen atoms in total. The highest BCUT2D eigenvalue weighted by Crippen LogP contribution is 2.52. The molecule has 0 spiro atoms. The van der Waals surface area contributed by atoms with Gasteiger partial charge in [-0.05, 0) is 137 Å². The Kier molecular flexibility index (Phi) is 8.05. The first-order valence-corrected chi connectivity index (χ1v) is 20.5.